The standard InChI is InChI=1S/C11H25BrO2Si/c1-4-6-7-8-9-10-11-15(12,13-3)14-5-2/h4-11H2,1-3H3. The van der Waals surface area contributed by atoms with Crippen LogP contribution in [0, 0.1) is 0 Å². The molecule has 0 aromatic carbocycles. The van der Waals surface area contributed by atoms with Gasteiger partial charge < -0.3 is 8.85 Å². The van der Waals surface area contributed by atoms with Crippen molar-refractivity contribution in [2.75, 3.05) is 13.7 Å². The third kappa shape index (κ3) is 8.43. The second-order valence-electron chi connectivity index (χ2n) is 3.81. The van der Waals surface area contributed by atoms with E-state index in [-0.39, 0.29) is 0 Å². The van der Waals surface area contributed by atoms with E-state index in [1.807, 2.05) is 6.92 Å². The van der Waals surface area contributed by atoms with E-state index in [1.165, 1.54) is 38.5 Å². The van der Waals surface area contributed by atoms with Crippen molar-refractivity contribution in [2.24, 2.45) is 0 Å². The fourth-order valence-electron chi connectivity index (χ4n) is 1.57. The van der Waals surface area contributed by atoms with Gasteiger partial charge in [0, 0.05) is 19.8 Å². The molecule has 0 aliphatic rings. The van der Waals surface area contributed by atoms with Gasteiger partial charge in [0.05, 0.1) is 0 Å². The Balaban J connectivity index is 3.46. The quantitative estimate of drug-likeness (QED) is 0.339. The molecule has 4 heteroatoms. The van der Waals surface area contributed by atoms with Crippen molar-refractivity contribution in [3.05, 3.63) is 0 Å². The zero-order valence-electron chi connectivity index (χ0n) is 10.4. The minimum absolute atomic E-state index is 0.737. The number of hydrogen-bond acceptors (Lipinski definition) is 2. The maximum absolute atomic E-state index is 5.64. The molecule has 0 spiro atoms. The van der Waals surface area contributed by atoms with Crippen molar-refractivity contribution in [1.82, 2.24) is 0 Å². The smallest absolute Gasteiger partial charge is 0.390 e. The molecular formula is C11H25BrO2Si. The highest BCUT2D eigenvalue weighted by atomic mass is 79.9. The maximum atomic E-state index is 5.64. The first-order valence-corrected chi connectivity index (χ1v) is 10.3. The van der Waals surface area contributed by atoms with Crippen molar-refractivity contribution >= 4 is 22.5 Å². The molecule has 2 nitrogen and oxygen atoms in total. The summed E-state index contributed by atoms with van der Waals surface area (Å²) in [5.41, 5.74) is 0. The van der Waals surface area contributed by atoms with E-state index in [9.17, 15) is 0 Å². The summed E-state index contributed by atoms with van der Waals surface area (Å²) in [6.45, 7) is 5.00. The Kier molecular flexibility index (Phi) is 10.2. The van der Waals surface area contributed by atoms with E-state index < -0.39 is 7.18 Å². The average Bonchev–Trinajstić information content (AvgIpc) is 2.24. The Morgan fingerprint density at radius 1 is 1.00 bits per heavy atom. The molecular weight excluding hydrogens is 272 g/mol. The normalized spacial score (nSPS) is 15.2. The Bertz CT molecular complexity index is 147. The molecule has 0 fully saturated rings. The van der Waals surface area contributed by atoms with E-state index in [0.29, 0.717) is 0 Å². The van der Waals surface area contributed by atoms with Gasteiger partial charge in [-0.05, 0) is 6.92 Å². The molecule has 0 radical (unpaired) electrons. The minimum Gasteiger partial charge on any atom is -0.390 e. The summed E-state index contributed by atoms with van der Waals surface area (Å²) in [4.78, 5) is 0. The molecule has 0 bridgehead atoms. The van der Waals surface area contributed by atoms with Crippen LogP contribution in [0.15, 0.2) is 0 Å². The summed E-state index contributed by atoms with van der Waals surface area (Å²) >= 11 is 3.62. The molecule has 1 unspecified atom stereocenters. The van der Waals surface area contributed by atoms with Crippen molar-refractivity contribution < 1.29 is 8.85 Å². The topological polar surface area (TPSA) is 18.5 Å². The van der Waals surface area contributed by atoms with Gasteiger partial charge in [0.15, 0.2) is 0 Å². The molecule has 0 heterocycles. The summed E-state index contributed by atoms with van der Waals surface area (Å²) in [5, 5.41) is 0. The lowest BCUT2D eigenvalue weighted by molar-refractivity contribution is 0.233. The molecule has 15 heavy (non-hydrogen) atoms. The number of unbranched alkanes of at least 4 members (excludes halogenated alkanes) is 5. The Morgan fingerprint density at radius 3 is 2.13 bits per heavy atom. The van der Waals surface area contributed by atoms with E-state index in [0.717, 1.165) is 12.7 Å². The molecule has 92 valence electrons. The van der Waals surface area contributed by atoms with E-state index in [1.54, 1.807) is 7.11 Å². The summed E-state index contributed by atoms with van der Waals surface area (Å²) < 4.78 is 11.1. The lowest BCUT2D eigenvalue weighted by atomic mass is 10.1. The summed E-state index contributed by atoms with van der Waals surface area (Å²) in [6, 6.07) is 1.06. The number of rotatable bonds is 10. The molecule has 1 atom stereocenters. The average molecular weight is 297 g/mol. The van der Waals surface area contributed by atoms with Crippen LogP contribution in [0.4, 0.5) is 0 Å². The van der Waals surface area contributed by atoms with E-state index in [2.05, 4.69) is 22.2 Å². The van der Waals surface area contributed by atoms with Crippen LogP contribution in [0.2, 0.25) is 6.04 Å². The molecule has 0 amide bonds. The molecule has 0 rings (SSSR count). The van der Waals surface area contributed by atoms with Gasteiger partial charge in [-0.2, -0.15) is 0 Å². The summed E-state index contributed by atoms with van der Waals surface area (Å²) in [7, 11) is -0.236. The van der Waals surface area contributed by atoms with Crippen LogP contribution in [0.25, 0.3) is 0 Å². The molecule has 0 saturated carbocycles. The second-order valence-corrected chi connectivity index (χ2v) is 9.96. The lowest BCUT2D eigenvalue weighted by Crippen LogP contribution is -2.33. The van der Waals surface area contributed by atoms with Crippen molar-refractivity contribution in [3.63, 3.8) is 0 Å². The van der Waals surface area contributed by atoms with Gasteiger partial charge >= 0.3 is 7.18 Å². The molecule has 0 aliphatic carbocycles. The van der Waals surface area contributed by atoms with Crippen molar-refractivity contribution in [2.45, 2.75) is 58.4 Å². The lowest BCUT2D eigenvalue weighted by Gasteiger charge is -2.21. The van der Waals surface area contributed by atoms with Crippen LogP contribution in [0.5, 0.6) is 0 Å². The van der Waals surface area contributed by atoms with Crippen LogP contribution >= 0.6 is 15.3 Å². The summed E-state index contributed by atoms with van der Waals surface area (Å²) in [6.07, 6.45) is 7.92. The first-order valence-electron chi connectivity index (χ1n) is 6.06. The van der Waals surface area contributed by atoms with Gasteiger partial charge in [-0.1, -0.05) is 60.7 Å². The predicted molar refractivity (Wildman–Crippen MR) is 71.5 cm³/mol. The highest BCUT2D eigenvalue weighted by molar-refractivity contribution is 9.25. The highest BCUT2D eigenvalue weighted by Crippen LogP contribution is 2.23. The van der Waals surface area contributed by atoms with Gasteiger partial charge in [0.25, 0.3) is 0 Å². The number of hydrogen-bond donors (Lipinski definition) is 0. The first kappa shape index (κ1) is 15.6. The highest BCUT2D eigenvalue weighted by Gasteiger charge is 2.32. The van der Waals surface area contributed by atoms with Crippen molar-refractivity contribution in [3.8, 4) is 0 Å². The largest absolute Gasteiger partial charge is 0.413 e. The van der Waals surface area contributed by atoms with Crippen LogP contribution in [0.3, 0.4) is 0 Å². The fourth-order valence-corrected chi connectivity index (χ4v) is 4.66. The van der Waals surface area contributed by atoms with E-state index >= 15 is 0 Å². The Labute approximate surface area is 104 Å². The Hall–Kier alpha value is 0.617. The molecule has 0 N–H and O–H groups in total. The third-order valence-corrected chi connectivity index (χ3v) is 7.62. The Morgan fingerprint density at radius 2 is 1.60 bits per heavy atom. The van der Waals surface area contributed by atoms with Crippen molar-refractivity contribution in [1.29, 1.82) is 0 Å². The molecule has 0 saturated heterocycles. The first-order chi connectivity index (χ1) is 7.18. The summed E-state index contributed by atoms with van der Waals surface area (Å²) in [5.74, 6) is 0. The maximum Gasteiger partial charge on any atom is 0.413 e. The monoisotopic (exact) mass is 296 g/mol. The second kappa shape index (κ2) is 9.82. The zero-order valence-corrected chi connectivity index (χ0v) is 12.9. The molecule has 0 aromatic heterocycles. The van der Waals surface area contributed by atoms with Crippen LogP contribution in [-0.4, -0.2) is 20.9 Å². The zero-order chi connectivity index (χ0) is 11.6. The predicted octanol–water partition coefficient (Wildman–Crippen LogP) is 4.36. The molecule has 0 aliphatic heterocycles. The van der Waals surface area contributed by atoms with Crippen LogP contribution < -0.4 is 0 Å². The van der Waals surface area contributed by atoms with Gasteiger partial charge in [-0.3, -0.25) is 0 Å². The van der Waals surface area contributed by atoms with Gasteiger partial charge in [0.1, 0.15) is 0 Å². The fraction of sp³-hybridized carbons (Fsp3) is 1.00. The number of halogens is 1. The van der Waals surface area contributed by atoms with E-state index in [4.69, 9.17) is 8.85 Å². The van der Waals surface area contributed by atoms with Gasteiger partial charge in [0.2, 0.25) is 0 Å². The van der Waals surface area contributed by atoms with Crippen LogP contribution in [-0.2, 0) is 8.85 Å². The van der Waals surface area contributed by atoms with Gasteiger partial charge in [-0.25, -0.2) is 0 Å². The van der Waals surface area contributed by atoms with Crippen LogP contribution in [0.1, 0.15) is 52.4 Å². The van der Waals surface area contributed by atoms with Gasteiger partial charge in [-0.15, -0.1) is 0 Å². The SMILES string of the molecule is CCCCCCCC[Si](Br)(OC)OCC. The molecule has 0 aromatic rings. The third-order valence-electron chi connectivity index (χ3n) is 2.49. The minimum atomic E-state index is -1.98.